The number of halogens is 2. The summed E-state index contributed by atoms with van der Waals surface area (Å²) < 4.78 is 5.45. The van der Waals surface area contributed by atoms with Crippen LogP contribution in [0.3, 0.4) is 0 Å². The molecule has 1 fully saturated rings. The number of amides is 1. The molecule has 1 aromatic rings. The molecule has 1 aromatic carbocycles. The Balaban J connectivity index is 2.16. The zero-order chi connectivity index (χ0) is 16.5. The minimum absolute atomic E-state index is 0.0205. The molecule has 1 amide bonds. The van der Waals surface area contributed by atoms with Crippen molar-refractivity contribution < 1.29 is 9.53 Å². The lowest BCUT2D eigenvalue weighted by molar-refractivity contribution is 0.0224. The predicted molar refractivity (Wildman–Crippen MR) is 89.9 cm³/mol. The van der Waals surface area contributed by atoms with Crippen LogP contribution < -0.4 is 5.32 Å². The van der Waals surface area contributed by atoms with Crippen LogP contribution in [0.15, 0.2) is 18.2 Å². The first-order valence-electron chi connectivity index (χ1n) is 7.30. The second-order valence-corrected chi connectivity index (χ2v) is 7.41. The number of hydrogen-bond donors (Lipinski definition) is 1. The number of carbonyl (C=O) groups excluding carboxylic acids is 1. The molecule has 0 unspecified atom stereocenters. The van der Waals surface area contributed by atoms with Crippen molar-refractivity contribution in [3.05, 3.63) is 33.8 Å². The van der Waals surface area contributed by atoms with Crippen LogP contribution >= 0.6 is 23.2 Å². The molecule has 0 aliphatic carbocycles. The van der Waals surface area contributed by atoms with Gasteiger partial charge in [-0.15, -0.1) is 0 Å². The molecule has 0 saturated carbocycles. The van der Waals surface area contributed by atoms with Crippen LogP contribution in [0.5, 0.6) is 0 Å². The van der Waals surface area contributed by atoms with Crippen LogP contribution in [-0.2, 0) is 4.74 Å². The van der Waals surface area contributed by atoms with Crippen LogP contribution in [0.2, 0.25) is 10.0 Å². The van der Waals surface area contributed by atoms with Crippen molar-refractivity contribution in [2.24, 2.45) is 0 Å². The summed E-state index contributed by atoms with van der Waals surface area (Å²) >= 11 is 12.1. The van der Waals surface area contributed by atoms with Gasteiger partial charge in [-0.25, -0.2) is 4.79 Å². The molecule has 6 heteroatoms. The van der Waals surface area contributed by atoms with E-state index in [0.717, 1.165) is 18.7 Å². The van der Waals surface area contributed by atoms with Crippen LogP contribution in [0.25, 0.3) is 0 Å². The molecule has 0 aromatic heterocycles. The second kappa shape index (κ2) is 6.65. The molecule has 0 bridgehead atoms. The first kappa shape index (κ1) is 17.4. The number of benzene rings is 1. The number of likely N-dealkylation sites (N-methyl/N-ethyl adjacent to an activating group) is 1. The fourth-order valence-electron chi connectivity index (χ4n) is 2.62. The number of nitrogens with zero attached hydrogens (tertiary/aromatic N) is 1. The molecule has 122 valence electrons. The van der Waals surface area contributed by atoms with Crippen LogP contribution in [0.1, 0.15) is 32.3 Å². The summed E-state index contributed by atoms with van der Waals surface area (Å²) in [5, 5.41) is 4.40. The molecule has 2 rings (SSSR count). The van der Waals surface area contributed by atoms with Crippen LogP contribution in [0.4, 0.5) is 4.79 Å². The summed E-state index contributed by atoms with van der Waals surface area (Å²) in [6.45, 7) is 7.10. The van der Waals surface area contributed by atoms with Gasteiger partial charge in [-0.3, -0.25) is 0 Å². The topological polar surface area (TPSA) is 41.6 Å². The third-order valence-electron chi connectivity index (χ3n) is 3.73. The SMILES string of the molecule is CN(C(=O)OC(C)(C)C)[C@@H]1CNC[C@H]1c1ccc(Cl)c(Cl)c1. The lowest BCUT2D eigenvalue weighted by Crippen LogP contribution is -2.44. The van der Waals surface area contributed by atoms with E-state index in [-0.39, 0.29) is 18.1 Å². The summed E-state index contributed by atoms with van der Waals surface area (Å²) in [4.78, 5) is 13.9. The Kier molecular flexibility index (Phi) is 5.25. The van der Waals surface area contributed by atoms with E-state index < -0.39 is 5.60 Å². The van der Waals surface area contributed by atoms with Crippen molar-refractivity contribution in [1.82, 2.24) is 10.2 Å². The predicted octanol–water partition coefficient (Wildman–Crippen LogP) is 3.92. The van der Waals surface area contributed by atoms with Gasteiger partial charge in [-0.05, 0) is 38.5 Å². The summed E-state index contributed by atoms with van der Waals surface area (Å²) in [6, 6.07) is 5.65. The Labute approximate surface area is 141 Å². The minimum atomic E-state index is -0.504. The van der Waals surface area contributed by atoms with E-state index in [0.29, 0.717) is 10.0 Å². The first-order valence-corrected chi connectivity index (χ1v) is 8.06. The third-order valence-corrected chi connectivity index (χ3v) is 4.47. The van der Waals surface area contributed by atoms with Gasteiger partial charge in [0.2, 0.25) is 0 Å². The standard InChI is InChI=1S/C16H22Cl2N2O2/c1-16(2,3)22-15(21)20(4)14-9-19-8-11(14)10-5-6-12(17)13(18)7-10/h5-7,11,14,19H,8-9H2,1-4H3/t11-,14+/m0/s1. The first-order chi connectivity index (χ1) is 10.2. The molecule has 1 aliphatic rings. The van der Waals surface area contributed by atoms with Crippen molar-refractivity contribution in [3.63, 3.8) is 0 Å². The Bertz CT molecular complexity index is 558. The quantitative estimate of drug-likeness (QED) is 0.883. The molecular weight excluding hydrogens is 323 g/mol. The van der Waals surface area contributed by atoms with Gasteiger partial charge in [0.15, 0.2) is 0 Å². The van der Waals surface area contributed by atoms with Gasteiger partial charge < -0.3 is 15.0 Å². The van der Waals surface area contributed by atoms with Crippen LogP contribution in [0, 0.1) is 0 Å². The number of rotatable bonds is 2. The van der Waals surface area contributed by atoms with Crippen molar-refractivity contribution >= 4 is 29.3 Å². The van der Waals surface area contributed by atoms with Crippen molar-refractivity contribution in [3.8, 4) is 0 Å². The number of ether oxygens (including phenoxy) is 1. The lowest BCUT2D eigenvalue weighted by atomic mass is 9.93. The van der Waals surface area contributed by atoms with E-state index in [2.05, 4.69) is 5.32 Å². The molecule has 2 atom stereocenters. The van der Waals surface area contributed by atoms with Crippen molar-refractivity contribution in [2.45, 2.75) is 38.3 Å². The molecular formula is C16H22Cl2N2O2. The van der Waals surface area contributed by atoms with Gasteiger partial charge in [0.1, 0.15) is 5.60 Å². The summed E-state index contributed by atoms with van der Waals surface area (Å²) in [7, 11) is 1.77. The highest BCUT2D eigenvalue weighted by Crippen LogP contribution is 2.31. The normalized spacial score (nSPS) is 21.7. The zero-order valence-corrected chi connectivity index (χ0v) is 14.8. The van der Waals surface area contributed by atoms with Crippen molar-refractivity contribution in [2.75, 3.05) is 20.1 Å². The Morgan fingerprint density at radius 2 is 1.95 bits per heavy atom. The second-order valence-electron chi connectivity index (χ2n) is 6.60. The number of carbonyl (C=O) groups is 1. The highest BCUT2D eigenvalue weighted by atomic mass is 35.5. The highest BCUT2D eigenvalue weighted by molar-refractivity contribution is 6.42. The Morgan fingerprint density at radius 1 is 1.27 bits per heavy atom. The van der Waals surface area contributed by atoms with E-state index in [4.69, 9.17) is 27.9 Å². The van der Waals surface area contributed by atoms with E-state index in [1.54, 1.807) is 18.0 Å². The monoisotopic (exact) mass is 344 g/mol. The Hall–Kier alpha value is -0.970. The van der Waals surface area contributed by atoms with Gasteiger partial charge >= 0.3 is 6.09 Å². The Morgan fingerprint density at radius 3 is 2.55 bits per heavy atom. The van der Waals surface area contributed by atoms with Gasteiger partial charge in [0.25, 0.3) is 0 Å². The fourth-order valence-corrected chi connectivity index (χ4v) is 2.93. The van der Waals surface area contributed by atoms with Crippen LogP contribution in [-0.4, -0.2) is 42.8 Å². The molecule has 1 N–H and O–H groups in total. The summed E-state index contributed by atoms with van der Waals surface area (Å²) in [6.07, 6.45) is -0.314. The maximum Gasteiger partial charge on any atom is 0.410 e. The fraction of sp³-hybridized carbons (Fsp3) is 0.562. The molecule has 1 saturated heterocycles. The van der Waals surface area contributed by atoms with E-state index in [9.17, 15) is 4.79 Å². The maximum atomic E-state index is 12.3. The molecule has 0 radical (unpaired) electrons. The molecule has 22 heavy (non-hydrogen) atoms. The van der Waals surface area contributed by atoms with E-state index in [1.165, 1.54) is 0 Å². The van der Waals surface area contributed by atoms with Crippen molar-refractivity contribution in [1.29, 1.82) is 0 Å². The zero-order valence-electron chi connectivity index (χ0n) is 13.3. The van der Waals surface area contributed by atoms with Gasteiger partial charge in [-0.2, -0.15) is 0 Å². The van der Waals surface area contributed by atoms with E-state index >= 15 is 0 Å². The lowest BCUT2D eigenvalue weighted by Gasteiger charge is -2.31. The minimum Gasteiger partial charge on any atom is -0.444 e. The van der Waals surface area contributed by atoms with Gasteiger partial charge in [-0.1, -0.05) is 29.3 Å². The molecule has 1 aliphatic heterocycles. The molecule has 1 heterocycles. The molecule has 4 nitrogen and oxygen atoms in total. The number of hydrogen-bond acceptors (Lipinski definition) is 3. The average Bonchev–Trinajstić information content (AvgIpc) is 2.88. The largest absolute Gasteiger partial charge is 0.444 e. The molecule has 0 spiro atoms. The summed E-state index contributed by atoms with van der Waals surface area (Å²) in [5.41, 5.74) is 0.566. The third kappa shape index (κ3) is 4.06. The van der Waals surface area contributed by atoms with Gasteiger partial charge in [0, 0.05) is 26.1 Å². The summed E-state index contributed by atoms with van der Waals surface area (Å²) in [5.74, 6) is 0.160. The number of nitrogens with one attached hydrogen (secondary N) is 1. The highest BCUT2D eigenvalue weighted by Gasteiger charge is 2.35. The maximum absolute atomic E-state index is 12.3. The smallest absolute Gasteiger partial charge is 0.410 e. The average molecular weight is 345 g/mol. The van der Waals surface area contributed by atoms with E-state index in [1.807, 2.05) is 32.9 Å². The van der Waals surface area contributed by atoms with Gasteiger partial charge in [0.05, 0.1) is 16.1 Å².